The van der Waals surface area contributed by atoms with Gasteiger partial charge in [-0.25, -0.2) is 0 Å². The second kappa shape index (κ2) is 4.05. The molecule has 1 aromatic heterocycles. The molecule has 1 heteroatoms. The smallest absolute Gasteiger partial charge is 0.0708 e. The fourth-order valence-corrected chi connectivity index (χ4v) is 1.39. The monoisotopic (exact) mass is 182 g/mol. The van der Waals surface area contributed by atoms with Crippen LogP contribution in [0.25, 0.3) is 11.3 Å². The molecule has 1 aromatic carbocycles. The summed E-state index contributed by atoms with van der Waals surface area (Å²) in [6.45, 7) is 2.16. The Morgan fingerprint density at radius 3 is 2.57 bits per heavy atom. The molecule has 0 aliphatic heterocycles. The van der Waals surface area contributed by atoms with Gasteiger partial charge in [-0.05, 0) is 30.2 Å². The van der Waals surface area contributed by atoms with Gasteiger partial charge in [0.25, 0.3) is 0 Å². The molecule has 14 heavy (non-hydrogen) atoms. The molecule has 0 fully saturated rings. The first kappa shape index (κ1) is 8.95. The van der Waals surface area contributed by atoms with Gasteiger partial charge in [-0.15, -0.1) is 0 Å². The van der Waals surface area contributed by atoms with E-state index in [4.69, 9.17) is 0 Å². The van der Waals surface area contributed by atoms with Crippen molar-refractivity contribution in [1.29, 1.82) is 0 Å². The summed E-state index contributed by atoms with van der Waals surface area (Å²) in [4.78, 5) is 4.27. The maximum Gasteiger partial charge on any atom is 0.0708 e. The molecule has 0 saturated carbocycles. The first-order valence-electron chi connectivity index (χ1n) is 4.81. The Bertz CT molecular complexity index is 389. The third kappa shape index (κ3) is 1.82. The van der Waals surface area contributed by atoms with Gasteiger partial charge in [0.1, 0.15) is 0 Å². The van der Waals surface area contributed by atoms with E-state index in [9.17, 15) is 0 Å². The van der Waals surface area contributed by atoms with Crippen LogP contribution in [0, 0.1) is 6.07 Å². The van der Waals surface area contributed by atoms with Crippen LogP contribution in [0.1, 0.15) is 12.5 Å². The lowest BCUT2D eigenvalue weighted by Gasteiger charge is -2.01. The number of nitrogens with zero attached hydrogens (tertiary/aromatic N) is 1. The molecule has 0 N–H and O–H groups in total. The van der Waals surface area contributed by atoms with Crippen molar-refractivity contribution in [2.75, 3.05) is 0 Å². The Morgan fingerprint density at radius 2 is 2.00 bits per heavy atom. The summed E-state index contributed by atoms with van der Waals surface area (Å²) < 4.78 is 0. The molecule has 0 unspecified atom stereocenters. The fraction of sp³-hybridized carbons (Fsp3) is 0.154. The second-order valence-corrected chi connectivity index (χ2v) is 3.19. The molecule has 0 saturated heterocycles. The summed E-state index contributed by atoms with van der Waals surface area (Å²) in [5.74, 6) is 0. The zero-order valence-corrected chi connectivity index (χ0v) is 8.20. The fourth-order valence-electron chi connectivity index (χ4n) is 1.39. The van der Waals surface area contributed by atoms with Crippen LogP contribution in [0.2, 0.25) is 0 Å². The van der Waals surface area contributed by atoms with Crippen LogP contribution < -0.4 is 0 Å². The average molecular weight is 182 g/mol. The second-order valence-electron chi connectivity index (χ2n) is 3.19. The normalized spacial score (nSPS) is 10.1. The molecule has 0 atom stereocenters. The highest BCUT2D eigenvalue weighted by Gasteiger charge is 1.96. The van der Waals surface area contributed by atoms with Crippen molar-refractivity contribution >= 4 is 0 Å². The predicted molar refractivity (Wildman–Crippen MR) is 57.9 cm³/mol. The topological polar surface area (TPSA) is 12.9 Å². The van der Waals surface area contributed by atoms with Gasteiger partial charge in [0, 0.05) is 11.8 Å². The van der Waals surface area contributed by atoms with E-state index in [0.29, 0.717) is 0 Å². The van der Waals surface area contributed by atoms with Crippen molar-refractivity contribution in [3.05, 3.63) is 54.2 Å². The standard InChI is InChI=1S/C13H12N/c1-2-11-6-8-12(9-7-11)13-5-3-4-10-14-13/h4-10H,2H2,1H3. The van der Waals surface area contributed by atoms with E-state index in [1.807, 2.05) is 12.1 Å². The van der Waals surface area contributed by atoms with Gasteiger partial charge in [-0.1, -0.05) is 31.2 Å². The third-order valence-corrected chi connectivity index (χ3v) is 2.26. The summed E-state index contributed by atoms with van der Waals surface area (Å²) in [7, 11) is 0. The molecule has 0 spiro atoms. The zero-order valence-electron chi connectivity index (χ0n) is 8.20. The lowest BCUT2D eigenvalue weighted by molar-refractivity contribution is 1.14. The Balaban J connectivity index is 2.34. The van der Waals surface area contributed by atoms with E-state index in [1.165, 1.54) is 5.56 Å². The minimum absolute atomic E-state index is 0.982. The lowest BCUT2D eigenvalue weighted by Crippen LogP contribution is -1.83. The Kier molecular flexibility index (Phi) is 2.59. The average Bonchev–Trinajstić information content (AvgIpc) is 2.30. The van der Waals surface area contributed by atoms with Crippen LogP contribution in [-0.4, -0.2) is 4.98 Å². The van der Waals surface area contributed by atoms with E-state index >= 15 is 0 Å². The van der Waals surface area contributed by atoms with Gasteiger partial charge in [0.15, 0.2) is 0 Å². The van der Waals surface area contributed by atoms with Crippen molar-refractivity contribution in [2.24, 2.45) is 0 Å². The number of pyridine rings is 1. The van der Waals surface area contributed by atoms with Crippen LogP contribution in [-0.2, 0) is 6.42 Å². The number of benzene rings is 1. The van der Waals surface area contributed by atoms with E-state index < -0.39 is 0 Å². The van der Waals surface area contributed by atoms with Gasteiger partial charge in [0.2, 0.25) is 0 Å². The van der Waals surface area contributed by atoms with E-state index in [2.05, 4.69) is 42.2 Å². The van der Waals surface area contributed by atoms with Crippen LogP contribution in [0.15, 0.2) is 42.6 Å². The van der Waals surface area contributed by atoms with Gasteiger partial charge < -0.3 is 0 Å². The van der Waals surface area contributed by atoms with E-state index in [-0.39, 0.29) is 0 Å². The van der Waals surface area contributed by atoms with Gasteiger partial charge in [-0.2, -0.15) is 0 Å². The molecule has 0 bridgehead atoms. The SMILES string of the molecule is CCc1ccc(-c2c[c]ccn2)cc1. The number of hydrogen-bond acceptors (Lipinski definition) is 1. The van der Waals surface area contributed by atoms with Crippen molar-refractivity contribution in [2.45, 2.75) is 13.3 Å². The first-order chi connectivity index (χ1) is 6.90. The van der Waals surface area contributed by atoms with Crippen molar-refractivity contribution in [3.63, 3.8) is 0 Å². The summed E-state index contributed by atoms with van der Waals surface area (Å²) in [5, 5.41) is 0. The number of aromatic nitrogens is 1. The highest BCUT2D eigenvalue weighted by Crippen LogP contribution is 2.16. The van der Waals surface area contributed by atoms with Gasteiger partial charge >= 0.3 is 0 Å². The van der Waals surface area contributed by atoms with Crippen LogP contribution in [0.5, 0.6) is 0 Å². The molecule has 1 nitrogen and oxygen atoms in total. The Labute approximate surface area is 84.4 Å². The predicted octanol–water partition coefficient (Wildman–Crippen LogP) is 3.11. The lowest BCUT2D eigenvalue weighted by atomic mass is 10.1. The summed E-state index contributed by atoms with van der Waals surface area (Å²) >= 11 is 0. The molecule has 0 aliphatic rings. The molecule has 1 heterocycles. The molecule has 0 aliphatic carbocycles. The summed E-state index contributed by atoms with van der Waals surface area (Å²) in [5.41, 5.74) is 3.49. The minimum Gasteiger partial charge on any atom is -0.256 e. The van der Waals surface area contributed by atoms with E-state index in [0.717, 1.165) is 17.7 Å². The summed E-state index contributed by atoms with van der Waals surface area (Å²) in [6.07, 6.45) is 2.84. The first-order valence-corrected chi connectivity index (χ1v) is 4.81. The van der Waals surface area contributed by atoms with E-state index in [1.54, 1.807) is 6.20 Å². The quantitative estimate of drug-likeness (QED) is 0.695. The Morgan fingerprint density at radius 1 is 1.21 bits per heavy atom. The molecular formula is C13H12N. The van der Waals surface area contributed by atoms with Crippen LogP contribution >= 0.6 is 0 Å². The molecule has 2 rings (SSSR count). The molecule has 1 radical (unpaired) electrons. The highest BCUT2D eigenvalue weighted by molar-refractivity contribution is 5.58. The van der Waals surface area contributed by atoms with Gasteiger partial charge in [-0.3, -0.25) is 4.98 Å². The summed E-state index contributed by atoms with van der Waals surface area (Å²) in [6, 6.07) is 15.2. The molecule has 2 aromatic rings. The number of aryl methyl sites for hydroxylation is 1. The minimum atomic E-state index is 0.982. The number of rotatable bonds is 2. The third-order valence-electron chi connectivity index (χ3n) is 2.26. The maximum absolute atomic E-state index is 4.27. The van der Waals surface area contributed by atoms with Crippen LogP contribution in [0.4, 0.5) is 0 Å². The molecule has 0 amide bonds. The van der Waals surface area contributed by atoms with Crippen LogP contribution in [0.3, 0.4) is 0 Å². The molecule has 69 valence electrons. The largest absolute Gasteiger partial charge is 0.256 e. The highest BCUT2D eigenvalue weighted by atomic mass is 14.7. The van der Waals surface area contributed by atoms with Crippen molar-refractivity contribution in [1.82, 2.24) is 4.98 Å². The Hall–Kier alpha value is -1.63. The van der Waals surface area contributed by atoms with Gasteiger partial charge in [0.05, 0.1) is 5.69 Å². The van der Waals surface area contributed by atoms with Crippen molar-refractivity contribution < 1.29 is 0 Å². The zero-order chi connectivity index (χ0) is 9.80. The maximum atomic E-state index is 4.27. The number of hydrogen-bond donors (Lipinski definition) is 0. The van der Waals surface area contributed by atoms with Crippen molar-refractivity contribution in [3.8, 4) is 11.3 Å². The molecular weight excluding hydrogens is 170 g/mol.